The van der Waals surface area contributed by atoms with Crippen molar-refractivity contribution in [1.82, 2.24) is 19.7 Å². The number of carbonyl (C=O) groups is 1. The number of likely N-dealkylation sites (tertiary alicyclic amines) is 1. The van der Waals surface area contributed by atoms with Crippen molar-refractivity contribution in [2.75, 3.05) is 11.9 Å². The molecule has 200 valence electrons. The number of aromatic nitrogens is 3. The molecule has 1 aromatic heterocycles. The van der Waals surface area contributed by atoms with Gasteiger partial charge in [0.1, 0.15) is 5.82 Å². The Morgan fingerprint density at radius 3 is 2.05 bits per heavy atom. The fraction of sp³-hybridized carbons (Fsp3) is 0.182. The molecule has 1 fully saturated rings. The van der Waals surface area contributed by atoms with Crippen molar-refractivity contribution in [3.8, 4) is 5.69 Å². The molecule has 6 nitrogen and oxygen atoms in total. The third kappa shape index (κ3) is 5.23. The molecule has 0 bridgehead atoms. The Hall–Kier alpha value is -4.78. The number of amides is 1. The van der Waals surface area contributed by atoms with E-state index in [0.717, 1.165) is 24.2 Å². The average Bonchev–Trinajstić information content (AvgIpc) is 3.66. The molecule has 1 aliphatic heterocycles. The van der Waals surface area contributed by atoms with Crippen LogP contribution in [0.15, 0.2) is 115 Å². The van der Waals surface area contributed by atoms with Crippen molar-refractivity contribution >= 4 is 11.6 Å². The third-order valence-electron chi connectivity index (χ3n) is 7.49. The second-order valence-corrected chi connectivity index (χ2v) is 9.98. The number of hydrogen-bond acceptors (Lipinski definition) is 4. The maximum Gasteiger partial charge on any atom is 0.292 e. The summed E-state index contributed by atoms with van der Waals surface area (Å²) < 4.78 is 15.2. The van der Waals surface area contributed by atoms with Gasteiger partial charge in [0, 0.05) is 29.9 Å². The van der Waals surface area contributed by atoms with E-state index in [1.54, 1.807) is 12.1 Å². The molecule has 0 aliphatic carbocycles. The highest BCUT2D eigenvalue weighted by Crippen LogP contribution is 2.37. The molecule has 0 saturated carbocycles. The first-order valence-corrected chi connectivity index (χ1v) is 13.6. The number of anilines is 1. The van der Waals surface area contributed by atoms with Crippen LogP contribution in [0.4, 0.5) is 10.1 Å². The molecule has 1 amide bonds. The van der Waals surface area contributed by atoms with Gasteiger partial charge in [0.25, 0.3) is 5.91 Å². The maximum atomic E-state index is 14.3. The van der Waals surface area contributed by atoms with E-state index in [0.29, 0.717) is 18.9 Å². The molecule has 0 spiro atoms. The zero-order valence-electron chi connectivity index (χ0n) is 22.0. The van der Waals surface area contributed by atoms with Crippen LogP contribution in [-0.2, 0) is 6.54 Å². The number of benzene rings is 4. The van der Waals surface area contributed by atoms with Gasteiger partial charge in [0.15, 0.2) is 5.82 Å². The Morgan fingerprint density at radius 2 is 1.43 bits per heavy atom. The molecule has 6 rings (SSSR count). The number of nitrogens with zero attached hydrogens (tertiary/aromatic N) is 4. The van der Waals surface area contributed by atoms with Gasteiger partial charge in [-0.3, -0.25) is 9.36 Å². The first kappa shape index (κ1) is 25.5. The van der Waals surface area contributed by atoms with Crippen molar-refractivity contribution in [1.29, 1.82) is 0 Å². The molecule has 2 heterocycles. The fourth-order valence-corrected chi connectivity index (χ4v) is 5.64. The lowest BCUT2D eigenvalue weighted by Gasteiger charge is -2.32. The molecule has 7 heteroatoms. The summed E-state index contributed by atoms with van der Waals surface area (Å²) >= 11 is 0. The summed E-state index contributed by atoms with van der Waals surface area (Å²) in [7, 11) is 0. The summed E-state index contributed by atoms with van der Waals surface area (Å²) in [4.78, 5) is 16.3. The van der Waals surface area contributed by atoms with Crippen LogP contribution in [0.5, 0.6) is 0 Å². The first-order chi connectivity index (χ1) is 19.7. The Kier molecular flexibility index (Phi) is 7.35. The van der Waals surface area contributed by atoms with Crippen molar-refractivity contribution in [2.24, 2.45) is 0 Å². The largest absolute Gasteiger partial charge is 0.378 e. The van der Waals surface area contributed by atoms with Crippen LogP contribution >= 0.6 is 0 Å². The van der Waals surface area contributed by atoms with Crippen molar-refractivity contribution in [2.45, 2.75) is 31.3 Å². The summed E-state index contributed by atoms with van der Waals surface area (Å²) in [6.45, 7) is 0.978. The molecule has 40 heavy (non-hydrogen) atoms. The molecule has 1 atom stereocenters. The van der Waals surface area contributed by atoms with Gasteiger partial charge >= 0.3 is 0 Å². The molecule has 4 aromatic carbocycles. The zero-order valence-corrected chi connectivity index (χ0v) is 22.0. The van der Waals surface area contributed by atoms with Gasteiger partial charge in [0.05, 0.1) is 6.54 Å². The molecule has 0 radical (unpaired) electrons. The summed E-state index contributed by atoms with van der Waals surface area (Å²) in [6, 6.07) is 36.7. The van der Waals surface area contributed by atoms with E-state index >= 15 is 0 Å². The van der Waals surface area contributed by atoms with E-state index in [1.807, 2.05) is 51.9 Å². The summed E-state index contributed by atoms with van der Waals surface area (Å²) in [5.74, 6) is 0.492. The highest BCUT2D eigenvalue weighted by molar-refractivity contribution is 5.92. The number of nitrogens with one attached hydrogen (secondary N) is 1. The predicted octanol–water partition coefficient (Wildman–Crippen LogP) is 6.46. The Labute approximate surface area is 233 Å². The van der Waals surface area contributed by atoms with Crippen LogP contribution in [0.3, 0.4) is 0 Å². The Morgan fingerprint density at radius 1 is 0.825 bits per heavy atom. The molecule has 1 saturated heterocycles. The monoisotopic (exact) mass is 531 g/mol. The molecule has 1 aliphatic rings. The van der Waals surface area contributed by atoms with Crippen LogP contribution in [0.2, 0.25) is 0 Å². The van der Waals surface area contributed by atoms with Crippen LogP contribution in [0, 0.1) is 5.82 Å². The fourth-order valence-electron chi connectivity index (χ4n) is 5.64. The highest BCUT2D eigenvalue weighted by atomic mass is 19.1. The third-order valence-corrected chi connectivity index (χ3v) is 7.49. The topological polar surface area (TPSA) is 63.1 Å². The number of carbonyl (C=O) groups excluding carboxylic acids is 1. The normalized spacial score (nSPS) is 14.9. The van der Waals surface area contributed by atoms with Gasteiger partial charge in [-0.1, -0.05) is 78.9 Å². The molecule has 1 N–H and O–H groups in total. The van der Waals surface area contributed by atoms with Crippen LogP contribution in [-0.4, -0.2) is 38.2 Å². The average molecular weight is 532 g/mol. The summed E-state index contributed by atoms with van der Waals surface area (Å²) in [5, 5.41) is 12.1. The van der Waals surface area contributed by atoms with E-state index in [9.17, 15) is 9.18 Å². The lowest BCUT2D eigenvalue weighted by atomic mass is 9.84. The Bertz CT molecular complexity index is 1520. The van der Waals surface area contributed by atoms with Crippen molar-refractivity contribution in [3.05, 3.63) is 144 Å². The van der Waals surface area contributed by atoms with Crippen LogP contribution in [0.25, 0.3) is 5.69 Å². The zero-order chi connectivity index (χ0) is 27.3. The van der Waals surface area contributed by atoms with E-state index in [4.69, 9.17) is 0 Å². The van der Waals surface area contributed by atoms with Gasteiger partial charge in [-0.15, -0.1) is 10.2 Å². The SMILES string of the molecule is O=C(c1nnc(CNc2ccc(F)cc2)n1-c1ccccc1)N1CCC[C@@H]1C(c1ccccc1)c1ccccc1. The summed E-state index contributed by atoms with van der Waals surface area (Å²) in [5.41, 5.74) is 3.94. The molecular weight excluding hydrogens is 501 g/mol. The van der Waals surface area contributed by atoms with E-state index in [-0.39, 0.29) is 29.5 Å². The molecule has 0 unspecified atom stereocenters. The maximum absolute atomic E-state index is 14.3. The van der Waals surface area contributed by atoms with Gasteiger partial charge in [-0.2, -0.15) is 0 Å². The lowest BCUT2D eigenvalue weighted by Crippen LogP contribution is -2.40. The van der Waals surface area contributed by atoms with Gasteiger partial charge in [0.2, 0.25) is 5.82 Å². The van der Waals surface area contributed by atoms with Crippen molar-refractivity contribution < 1.29 is 9.18 Å². The second kappa shape index (κ2) is 11.5. The number of halogens is 1. The quantitative estimate of drug-likeness (QED) is 0.250. The van der Waals surface area contributed by atoms with Gasteiger partial charge < -0.3 is 10.2 Å². The molecular formula is C33H30FN5O. The highest BCUT2D eigenvalue weighted by Gasteiger charge is 2.38. The first-order valence-electron chi connectivity index (χ1n) is 13.6. The summed E-state index contributed by atoms with van der Waals surface area (Å²) in [6.07, 6.45) is 1.82. The minimum atomic E-state index is -0.296. The second-order valence-electron chi connectivity index (χ2n) is 9.98. The minimum absolute atomic E-state index is 0.0148. The van der Waals surface area contributed by atoms with Crippen LogP contribution in [0.1, 0.15) is 46.3 Å². The minimum Gasteiger partial charge on any atom is -0.378 e. The van der Waals surface area contributed by atoms with E-state index < -0.39 is 0 Å². The standard InChI is InChI=1S/C33H30FN5O/c34-26-18-20-27(21-19-26)35-23-30-36-37-32(39(30)28-15-8-3-9-16-28)33(40)38-22-10-17-29(38)31(24-11-4-1-5-12-24)25-13-6-2-7-14-25/h1-9,11-16,18-21,29,31,35H,10,17,22-23H2/t29-/m1/s1. The lowest BCUT2D eigenvalue weighted by molar-refractivity contribution is 0.0710. The Balaban J connectivity index is 1.35. The predicted molar refractivity (Wildman–Crippen MR) is 154 cm³/mol. The van der Waals surface area contributed by atoms with Crippen molar-refractivity contribution in [3.63, 3.8) is 0 Å². The smallest absolute Gasteiger partial charge is 0.292 e. The van der Waals surface area contributed by atoms with Gasteiger partial charge in [-0.25, -0.2) is 4.39 Å². The van der Waals surface area contributed by atoms with E-state index in [2.05, 4.69) is 64.0 Å². The number of para-hydroxylation sites is 1. The number of hydrogen-bond donors (Lipinski definition) is 1. The van der Waals surface area contributed by atoms with E-state index in [1.165, 1.54) is 23.3 Å². The van der Waals surface area contributed by atoms with Gasteiger partial charge in [-0.05, 0) is 60.4 Å². The number of rotatable bonds is 8. The molecule has 5 aromatic rings. The van der Waals surface area contributed by atoms with Crippen LogP contribution < -0.4 is 5.32 Å².